The fraction of sp³-hybridized carbons (Fsp3) is 0.238. The molecule has 0 radical (unpaired) electrons. The highest BCUT2D eigenvalue weighted by molar-refractivity contribution is 6.00. The van der Waals surface area contributed by atoms with Gasteiger partial charge in [-0.2, -0.15) is 0 Å². The summed E-state index contributed by atoms with van der Waals surface area (Å²) < 4.78 is 8.26. The quantitative estimate of drug-likeness (QED) is 0.209. The van der Waals surface area contributed by atoms with Crippen LogP contribution in [0.1, 0.15) is 52.7 Å². The van der Waals surface area contributed by atoms with E-state index in [1.54, 1.807) is 0 Å². The van der Waals surface area contributed by atoms with Crippen LogP contribution < -0.4 is 0 Å². The number of aromatic nitrogens is 2. The first kappa shape index (κ1) is 30.5. The molecule has 1 N–H and O–H groups in total. The van der Waals surface area contributed by atoms with E-state index in [4.69, 9.17) is 14.7 Å². The Hall–Kier alpha value is -5.16. The molecule has 1 atom stereocenters. The molecule has 0 saturated carbocycles. The van der Waals surface area contributed by atoms with Crippen molar-refractivity contribution in [3.63, 3.8) is 0 Å². The lowest BCUT2D eigenvalue weighted by Gasteiger charge is -2.21. The van der Waals surface area contributed by atoms with Crippen LogP contribution in [0.4, 0.5) is 0 Å². The molecule has 47 heavy (non-hydrogen) atoms. The first-order valence-electron chi connectivity index (χ1n) is 16.3. The molecule has 0 aliphatic carbocycles. The van der Waals surface area contributed by atoms with E-state index in [2.05, 4.69) is 113 Å². The number of para-hydroxylation sites is 2. The monoisotopic (exact) mass is 619 g/mol. The smallest absolute Gasteiger partial charge is 0.216 e. The van der Waals surface area contributed by atoms with Gasteiger partial charge in [-0.3, -0.25) is 4.57 Å². The number of benzene rings is 5. The van der Waals surface area contributed by atoms with Gasteiger partial charge in [-0.25, -0.2) is 9.98 Å². The second-order valence-corrected chi connectivity index (χ2v) is 14.5. The fourth-order valence-electron chi connectivity index (χ4n) is 6.25. The van der Waals surface area contributed by atoms with Crippen molar-refractivity contribution < 1.29 is 9.84 Å². The average Bonchev–Trinajstić information content (AvgIpc) is 3.71. The second-order valence-electron chi connectivity index (χ2n) is 14.5. The first-order valence-corrected chi connectivity index (χ1v) is 16.3. The van der Waals surface area contributed by atoms with Crippen LogP contribution in [-0.2, 0) is 10.2 Å². The highest BCUT2D eigenvalue weighted by atomic mass is 16.5. The van der Waals surface area contributed by atoms with Crippen LogP contribution in [0.25, 0.3) is 50.4 Å². The van der Waals surface area contributed by atoms with Crippen molar-refractivity contribution >= 4 is 16.9 Å². The van der Waals surface area contributed by atoms with Crippen LogP contribution in [0.2, 0.25) is 0 Å². The molecule has 7 rings (SSSR count). The number of hydrogen-bond acceptors (Lipinski definition) is 4. The van der Waals surface area contributed by atoms with E-state index in [0.717, 1.165) is 44.5 Å². The third kappa shape index (κ3) is 5.71. The maximum absolute atomic E-state index is 11.8. The Labute approximate surface area is 277 Å². The molecule has 6 aromatic rings. The lowest BCUT2D eigenvalue weighted by molar-refractivity contribution is 0.236. The van der Waals surface area contributed by atoms with Gasteiger partial charge in [0.25, 0.3) is 0 Å². The normalized spacial score (nSPS) is 15.1. The van der Waals surface area contributed by atoms with Gasteiger partial charge in [0.1, 0.15) is 18.2 Å². The summed E-state index contributed by atoms with van der Waals surface area (Å²) >= 11 is 0. The summed E-state index contributed by atoms with van der Waals surface area (Å²) in [6, 6.07) is 39.3. The molecule has 0 amide bonds. The Balaban J connectivity index is 1.42. The highest BCUT2D eigenvalue weighted by Gasteiger charge is 2.31. The summed E-state index contributed by atoms with van der Waals surface area (Å²) in [6.07, 6.45) is 0. The molecule has 0 spiro atoms. The second kappa shape index (κ2) is 11.6. The Kier molecular flexibility index (Phi) is 7.51. The van der Waals surface area contributed by atoms with E-state index in [1.165, 1.54) is 5.56 Å². The standard InChI is InChI=1S/C42H41N3O2/c1-41(2,3)30-21-23-31(24-22-30)45-35-20-12-17-32(28-15-10-16-29(25-28)40-43-36(26-47-40)42(4,5)6)37(35)44-39(45)34-19-11-18-33(38(34)46)27-13-8-7-9-14-27/h7-25,36,46H,26H2,1-6H3/t36-/m1/s1. The molecule has 5 heteroatoms. The molecule has 236 valence electrons. The minimum atomic E-state index is 0.0268. The van der Waals surface area contributed by atoms with Gasteiger partial charge in [-0.05, 0) is 63.9 Å². The minimum absolute atomic E-state index is 0.0268. The molecule has 5 aromatic carbocycles. The van der Waals surface area contributed by atoms with Crippen molar-refractivity contribution in [2.45, 2.75) is 53.0 Å². The lowest BCUT2D eigenvalue weighted by Crippen LogP contribution is -2.25. The number of imidazole rings is 1. The number of fused-ring (bicyclic) bond motifs is 1. The van der Waals surface area contributed by atoms with Gasteiger partial charge in [0.05, 0.1) is 22.6 Å². The van der Waals surface area contributed by atoms with Gasteiger partial charge >= 0.3 is 0 Å². The van der Waals surface area contributed by atoms with Crippen molar-refractivity contribution in [2.24, 2.45) is 10.4 Å². The zero-order chi connectivity index (χ0) is 32.9. The topological polar surface area (TPSA) is 59.6 Å². The van der Waals surface area contributed by atoms with E-state index in [9.17, 15) is 5.11 Å². The van der Waals surface area contributed by atoms with Crippen LogP contribution in [0.15, 0.2) is 120 Å². The summed E-state index contributed by atoms with van der Waals surface area (Å²) in [4.78, 5) is 10.3. The summed E-state index contributed by atoms with van der Waals surface area (Å²) in [5.41, 5.74) is 9.47. The number of nitrogens with zero attached hydrogens (tertiary/aromatic N) is 3. The maximum Gasteiger partial charge on any atom is 0.216 e. The van der Waals surface area contributed by atoms with Gasteiger partial charge in [0.2, 0.25) is 5.90 Å². The van der Waals surface area contributed by atoms with Gasteiger partial charge < -0.3 is 9.84 Å². The molecule has 1 aliphatic rings. The maximum atomic E-state index is 11.8. The summed E-state index contributed by atoms with van der Waals surface area (Å²) in [5.74, 6) is 1.57. The summed E-state index contributed by atoms with van der Waals surface area (Å²) in [5, 5.41) is 11.8. The molecule has 5 nitrogen and oxygen atoms in total. The van der Waals surface area contributed by atoms with Crippen molar-refractivity contribution in [1.82, 2.24) is 9.55 Å². The third-order valence-corrected chi connectivity index (χ3v) is 9.11. The van der Waals surface area contributed by atoms with Crippen molar-refractivity contribution in [3.05, 3.63) is 126 Å². The SMILES string of the molecule is CC(C)(C)c1ccc(-n2c(-c3cccc(-c4ccccc4)c3O)nc3c(-c4cccc(C5=N[C@@H](C(C)(C)C)CO5)c4)cccc32)cc1. The number of rotatable bonds is 5. The van der Waals surface area contributed by atoms with E-state index in [1.807, 2.05) is 48.5 Å². The predicted molar refractivity (Wildman–Crippen MR) is 193 cm³/mol. The molecule has 0 fully saturated rings. The highest BCUT2D eigenvalue weighted by Crippen LogP contribution is 2.41. The van der Waals surface area contributed by atoms with Crippen molar-refractivity contribution in [3.8, 4) is 45.1 Å². The van der Waals surface area contributed by atoms with Crippen LogP contribution in [0, 0.1) is 5.41 Å². The molecule has 2 heterocycles. The molecule has 1 aromatic heterocycles. The largest absolute Gasteiger partial charge is 0.507 e. The van der Waals surface area contributed by atoms with Crippen molar-refractivity contribution in [1.29, 1.82) is 0 Å². The van der Waals surface area contributed by atoms with Gasteiger partial charge in [0, 0.05) is 22.4 Å². The van der Waals surface area contributed by atoms with E-state index in [-0.39, 0.29) is 22.6 Å². The Bertz CT molecular complexity index is 2110. The van der Waals surface area contributed by atoms with E-state index in [0.29, 0.717) is 23.9 Å². The number of hydrogen-bond donors (Lipinski definition) is 1. The molecule has 0 saturated heterocycles. The zero-order valence-corrected chi connectivity index (χ0v) is 28.0. The minimum Gasteiger partial charge on any atom is -0.507 e. The average molecular weight is 620 g/mol. The molecule has 0 bridgehead atoms. The summed E-state index contributed by atoms with van der Waals surface area (Å²) in [7, 11) is 0. The zero-order valence-electron chi connectivity index (χ0n) is 28.0. The van der Waals surface area contributed by atoms with Gasteiger partial charge in [0.15, 0.2) is 0 Å². The number of phenols is 1. The fourth-order valence-corrected chi connectivity index (χ4v) is 6.25. The number of phenolic OH excluding ortho intramolecular Hbond substituents is 1. The molecule has 1 aliphatic heterocycles. The van der Waals surface area contributed by atoms with Crippen molar-refractivity contribution in [2.75, 3.05) is 6.61 Å². The van der Waals surface area contributed by atoms with E-state index < -0.39 is 0 Å². The lowest BCUT2D eigenvalue weighted by atomic mass is 9.87. The van der Waals surface area contributed by atoms with Crippen LogP contribution in [0.5, 0.6) is 5.75 Å². The number of aromatic hydroxyl groups is 1. The van der Waals surface area contributed by atoms with Gasteiger partial charge in [-0.15, -0.1) is 0 Å². The Morgan fingerprint density at radius 1 is 0.681 bits per heavy atom. The van der Waals surface area contributed by atoms with Crippen LogP contribution in [0.3, 0.4) is 0 Å². The molecular formula is C42H41N3O2. The Morgan fingerprint density at radius 2 is 1.32 bits per heavy atom. The molecular weight excluding hydrogens is 578 g/mol. The Morgan fingerprint density at radius 3 is 2.02 bits per heavy atom. The first-order chi connectivity index (χ1) is 22.5. The predicted octanol–water partition coefficient (Wildman–Crippen LogP) is 10.2. The third-order valence-electron chi connectivity index (χ3n) is 9.11. The van der Waals surface area contributed by atoms with Gasteiger partial charge in [-0.1, -0.05) is 120 Å². The molecule has 0 unspecified atom stereocenters. The number of aliphatic imine (C=N–C) groups is 1. The van der Waals surface area contributed by atoms with E-state index >= 15 is 0 Å². The number of ether oxygens (including phenoxy) is 1. The van der Waals surface area contributed by atoms with Crippen LogP contribution >= 0.6 is 0 Å². The van der Waals surface area contributed by atoms with Crippen LogP contribution in [-0.4, -0.2) is 33.2 Å². The summed E-state index contributed by atoms with van der Waals surface area (Å²) in [6.45, 7) is 13.8.